The molecule has 0 radical (unpaired) electrons. The average molecular weight is 247 g/mol. The molecule has 2 nitrogen and oxygen atoms in total. The predicted molar refractivity (Wildman–Crippen MR) is 73.9 cm³/mol. The van der Waals surface area contributed by atoms with Gasteiger partial charge in [0.15, 0.2) is 0 Å². The van der Waals surface area contributed by atoms with Gasteiger partial charge in [-0.05, 0) is 49.2 Å². The standard InChI is InChI=1S/C14H17NOS/c1-3-12-5-6-13(17-12)9-15-14-7-4-11(16)8-10(14)2/h4-8,15-16H,3,9H2,1-2H3. The molecular weight excluding hydrogens is 230 g/mol. The maximum Gasteiger partial charge on any atom is 0.115 e. The Morgan fingerprint density at radius 2 is 1.94 bits per heavy atom. The minimum Gasteiger partial charge on any atom is -0.508 e. The first-order valence-corrected chi connectivity index (χ1v) is 6.61. The fraction of sp³-hybridized carbons (Fsp3) is 0.286. The molecule has 2 N–H and O–H groups in total. The summed E-state index contributed by atoms with van der Waals surface area (Å²) >= 11 is 1.85. The van der Waals surface area contributed by atoms with Gasteiger partial charge in [-0.2, -0.15) is 0 Å². The number of hydrogen-bond acceptors (Lipinski definition) is 3. The molecule has 3 heteroatoms. The first-order chi connectivity index (χ1) is 8.19. The monoisotopic (exact) mass is 247 g/mol. The SMILES string of the molecule is CCc1ccc(CNc2ccc(O)cc2C)s1. The highest BCUT2D eigenvalue weighted by atomic mass is 32.1. The molecule has 0 atom stereocenters. The quantitative estimate of drug-likeness (QED) is 0.802. The summed E-state index contributed by atoms with van der Waals surface area (Å²) in [5.41, 5.74) is 2.14. The van der Waals surface area contributed by atoms with Crippen LogP contribution in [0.5, 0.6) is 5.75 Å². The molecule has 0 saturated heterocycles. The Hall–Kier alpha value is -1.48. The molecule has 0 amide bonds. The molecule has 0 saturated carbocycles. The lowest BCUT2D eigenvalue weighted by Gasteiger charge is -2.08. The molecule has 0 spiro atoms. The number of hydrogen-bond donors (Lipinski definition) is 2. The molecular formula is C14H17NOS. The summed E-state index contributed by atoms with van der Waals surface area (Å²) in [6.07, 6.45) is 1.10. The van der Waals surface area contributed by atoms with Crippen LogP contribution in [0.25, 0.3) is 0 Å². The van der Waals surface area contributed by atoms with Crippen LogP contribution in [-0.2, 0) is 13.0 Å². The van der Waals surface area contributed by atoms with Crippen molar-refractivity contribution in [2.75, 3.05) is 5.32 Å². The van der Waals surface area contributed by atoms with E-state index in [0.717, 1.165) is 24.2 Å². The van der Waals surface area contributed by atoms with Gasteiger partial charge in [-0.3, -0.25) is 0 Å². The van der Waals surface area contributed by atoms with Crippen LogP contribution in [0.4, 0.5) is 5.69 Å². The van der Waals surface area contributed by atoms with Crippen LogP contribution in [0.1, 0.15) is 22.2 Å². The van der Waals surface area contributed by atoms with Crippen LogP contribution < -0.4 is 5.32 Å². The average Bonchev–Trinajstić information content (AvgIpc) is 2.76. The molecule has 0 unspecified atom stereocenters. The normalized spacial score (nSPS) is 10.5. The molecule has 0 fully saturated rings. The molecule has 1 aromatic carbocycles. The Balaban J connectivity index is 2.02. The van der Waals surface area contributed by atoms with Gasteiger partial charge < -0.3 is 10.4 Å². The molecule has 0 aliphatic rings. The van der Waals surface area contributed by atoms with Crippen LogP contribution in [0.3, 0.4) is 0 Å². The fourth-order valence-corrected chi connectivity index (χ4v) is 2.63. The van der Waals surface area contributed by atoms with Gasteiger partial charge in [0.2, 0.25) is 0 Å². The lowest BCUT2D eigenvalue weighted by atomic mass is 10.2. The van der Waals surface area contributed by atoms with Gasteiger partial charge in [0.25, 0.3) is 0 Å². The van der Waals surface area contributed by atoms with Crippen molar-refractivity contribution in [3.63, 3.8) is 0 Å². The van der Waals surface area contributed by atoms with Gasteiger partial charge in [-0.15, -0.1) is 11.3 Å². The maximum atomic E-state index is 9.33. The zero-order chi connectivity index (χ0) is 12.3. The number of benzene rings is 1. The highest BCUT2D eigenvalue weighted by molar-refractivity contribution is 7.12. The van der Waals surface area contributed by atoms with Crippen LogP contribution in [0.15, 0.2) is 30.3 Å². The molecule has 0 aliphatic carbocycles. The topological polar surface area (TPSA) is 32.3 Å². The molecule has 1 aromatic heterocycles. The van der Waals surface area contributed by atoms with E-state index < -0.39 is 0 Å². The smallest absolute Gasteiger partial charge is 0.115 e. The number of rotatable bonds is 4. The third-order valence-corrected chi connectivity index (χ3v) is 3.96. The van der Waals surface area contributed by atoms with E-state index in [1.165, 1.54) is 9.75 Å². The largest absolute Gasteiger partial charge is 0.508 e. The van der Waals surface area contributed by atoms with E-state index in [1.807, 2.05) is 24.3 Å². The number of thiophene rings is 1. The van der Waals surface area contributed by atoms with E-state index in [-0.39, 0.29) is 0 Å². The van der Waals surface area contributed by atoms with Crippen molar-refractivity contribution < 1.29 is 5.11 Å². The van der Waals surface area contributed by atoms with E-state index in [0.29, 0.717) is 5.75 Å². The summed E-state index contributed by atoms with van der Waals surface area (Å²) in [6.45, 7) is 5.01. The minimum atomic E-state index is 0.317. The number of nitrogens with one attached hydrogen (secondary N) is 1. The van der Waals surface area contributed by atoms with Crippen LogP contribution >= 0.6 is 11.3 Å². The van der Waals surface area contributed by atoms with Crippen molar-refractivity contribution >= 4 is 17.0 Å². The van der Waals surface area contributed by atoms with Crippen molar-refractivity contribution in [2.24, 2.45) is 0 Å². The second kappa shape index (κ2) is 5.23. The lowest BCUT2D eigenvalue weighted by molar-refractivity contribution is 0.475. The Morgan fingerprint density at radius 1 is 1.18 bits per heavy atom. The van der Waals surface area contributed by atoms with Crippen molar-refractivity contribution in [3.8, 4) is 5.75 Å². The maximum absolute atomic E-state index is 9.33. The number of aryl methyl sites for hydroxylation is 2. The Bertz CT molecular complexity index is 505. The van der Waals surface area contributed by atoms with Crippen molar-refractivity contribution in [1.82, 2.24) is 0 Å². The Morgan fingerprint density at radius 3 is 2.59 bits per heavy atom. The number of aromatic hydroxyl groups is 1. The fourth-order valence-electron chi connectivity index (χ4n) is 1.74. The molecule has 1 heterocycles. The van der Waals surface area contributed by atoms with Gasteiger partial charge in [0, 0.05) is 22.0 Å². The zero-order valence-electron chi connectivity index (χ0n) is 10.2. The van der Waals surface area contributed by atoms with Gasteiger partial charge in [-0.1, -0.05) is 6.92 Å². The van der Waals surface area contributed by atoms with Gasteiger partial charge in [-0.25, -0.2) is 0 Å². The van der Waals surface area contributed by atoms with E-state index in [4.69, 9.17) is 0 Å². The second-order valence-electron chi connectivity index (χ2n) is 4.07. The van der Waals surface area contributed by atoms with Crippen LogP contribution in [-0.4, -0.2) is 5.11 Å². The van der Waals surface area contributed by atoms with Gasteiger partial charge >= 0.3 is 0 Å². The summed E-state index contributed by atoms with van der Waals surface area (Å²) in [7, 11) is 0. The molecule has 90 valence electrons. The van der Waals surface area contributed by atoms with Crippen LogP contribution in [0, 0.1) is 6.92 Å². The third kappa shape index (κ3) is 3.01. The lowest BCUT2D eigenvalue weighted by Crippen LogP contribution is -1.98. The number of anilines is 1. The van der Waals surface area contributed by atoms with E-state index in [1.54, 1.807) is 12.1 Å². The summed E-state index contributed by atoms with van der Waals surface area (Å²) in [6, 6.07) is 9.76. The summed E-state index contributed by atoms with van der Waals surface area (Å²) in [5, 5.41) is 12.7. The second-order valence-corrected chi connectivity index (χ2v) is 5.33. The van der Waals surface area contributed by atoms with Crippen molar-refractivity contribution in [1.29, 1.82) is 0 Å². The number of phenols is 1. The summed E-state index contributed by atoms with van der Waals surface area (Å²) in [5.74, 6) is 0.317. The highest BCUT2D eigenvalue weighted by Gasteiger charge is 2.01. The summed E-state index contributed by atoms with van der Waals surface area (Å²) < 4.78 is 0. The van der Waals surface area contributed by atoms with Crippen molar-refractivity contribution in [3.05, 3.63) is 45.6 Å². The number of phenolic OH excluding ortho intramolecular Hbond substituents is 1. The third-order valence-electron chi connectivity index (χ3n) is 2.73. The van der Waals surface area contributed by atoms with Gasteiger partial charge in [0.1, 0.15) is 5.75 Å². The molecule has 2 rings (SSSR count). The van der Waals surface area contributed by atoms with E-state index >= 15 is 0 Å². The van der Waals surface area contributed by atoms with E-state index in [9.17, 15) is 5.11 Å². The first-order valence-electron chi connectivity index (χ1n) is 5.80. The first kappa shape index (κ1) is 12.0. The molecule has 17 heavy (non-hydrogen) atoms. The Labute approximate surface area is 106 Å². The molecule has 0 aliphatic heterocycles. The van der Waals surface area contributed by atoms with Crippen molar-refractivity contribution in [2.45, 2.75) is 26.8 Å². The summed E-state index contributed by atoms with van der Waals surface area (Å²) in [4.78, 5) is 2.76. The zero-order valence-corrected chi connectivity index (χ0v) is 11.0. The Kier molecular flexibility index (Phi) is 3.69. The molecule has 0 bridgehead atoms. The predicted octanol–water partition coefficient (Wildman–Crippen LogP) is 3.94. The van der Waals surface area contributed by atoms with Gasteiger partial charge in [0.05, 0.1) is 0 Å². The van der Waals surface area contributed by atoms with E-state index in [2.05, 4.69) is 24.4 Å². The van der Waals surface area contributed by atoms with Crippen LogP contribution in [0.2, 0.25) is 0 Å². The molecule has 2 aromatic rings. The highest BCUT2D eigenvalue weighted by Crippen LogP contribution is 2.22. The minimum absolute atomic E-state index is 0.317.